The Morgan fingerprint density at radius 2 is 2.13 bits per heavy atom. The average Bonchev–Trinajstić information content (AvgIpc) is 2.56. The van der Waals surface area contributed by atoms with E-state index in [0.29, 0.717) is 22.5 Å². The molecule has 0 saturated carbocycles. The molecule has 0 aliphatic carbocycles. The summed E-state index contributed by atoms with van der Waals surface area (Å²) >= 11 is 0. The van der Waals surface area contributed by atoms with Crippen LogP contribution in [0.1, 0.15) is 17.4 Å². The Morgan fingerprint density at radius 3 is 2.87 bits per heavy atom. The molecule has 3 heterocycles. The van der Waals surface area contributed by atoms with Crippen molar-refractivity contribution in [3.8, 4) is 17.4 Å². The number of aromatic nitrogens is 3. The first kappa shape index (κ1) is 14.7. The fourth-order valence-corrected chi connectivity index (χ4v) is 2.00. The smallest absolute Gasteiger partial charge is 0.360 e. The Bertz CT molecular complexity index is 853. The Morgan fingerprint density at radius 1 is 1.26 bits per heavy atom. The number of nitrogens with zero attached hydrogens (tertiary/aromatic N) is 3. The Balaban J connectivity index is 1.95. The van der Waals surface area contributed by atoms with Crippen LogP contribution in [0.3, 0.4) is 0 Å². The van der Waals surface area contributed by atoms with Crippen LogP contribution >= 0.6 is 0 Å². The number of fused-ring (bicyclic) bond motifs is 1. The maximum atomic E-state index is 11.7. The number of carbonyl (C=O) groups is 1. The number of hydrogen-bond donors (Lipinski definition) is 1. The third kappa shape index (κ3) is 3.03. The summed E-state index contributed by atoms with van der Waals surface area (Å²) in [5.41, 5.74) is 0.263. The predicted molar refractivity (Wildman–Crippen MR) is 81.5 cm³/mol. The number of hydrogen-bond acceptors (Lipinski definition) is 7. The van der Waals surface area contributed by atoms with Gasteiger partial charge in [0.1, 0.15) is 5.75 Å². The third-order valence-corrected chi connectivity index (χ3v) is 3.02. The van der Waals surface area contributed by atoms with Crippen LogP contribution < -0.4 is 4.74 Å². The SMILES string of the molecule is CCOC(=O)c1ncc2nc(Oc3cccnc3)ccc2c1O. The Labute approximate surface area is 131 Å². The number of ether oxygens (including phenoxy) is 2. The molecule has 0 aromatic carbocycles. The van der Waals surface area contributed by atoms with Gasteiger partial charge in [-0.15, -0.1) is 0 Å². The van der Waals surface area contributed by atoms with Gasteiger partial charge < -0.3 is 14.6 Å². The van der Waals surface area contributed by atoms with Gasteiger partial charge in [0, 0.05) is 17.6 Å². The zero-order valence-corrected chi connectivity index (χ0v) is 12.3. The molecule has 0 amide bonds. The molecular formula is C16H13N3O4. The van der Waals surface area contributed by atoms with Gasteiger partial charge in [0.2, 0.25) is 5.88 Å². The highest BCUT2D eigenvalue weighted by atomic mass is 16.5. The fraction of sp³-hybridized carbons (Fsp3) is 0.125. The minimum Gasteiger partial charge on any atom is -0.505 e. The van der Waals surface area contributed by atoms with Crippen molar-refractivity contribution in [3.63, 3.8) is 0 Å². The largest absolute Gasteiger partial charge is 0.505 e. The summed E-state index contributed by atoms with van der Waals surface area (Å²) in [6.07, 6.45) is 4.59. The summed E-state index contributed by atoms with van der Waals surface area (Å²) in [6.45, 7) is 1.88. The lowest BCUT2D eigenvalue weighted by atomic mass is 10.2. The van der Waals surface area contributed by atoms with Gasteiger partial charge in [0.15, 0.2) is 11.4 Å². The van der Waals surface area contributed by atoms with E-state index in [9.17, 15) is 9.90 Å². The van der Waals surface area contributed by atoms with Crippen molar-refractivity contribution in [3.05, 3.63) is 48.5 Å². The second-order valence-electron chi connectivity index (χ2n) is 4.55. The van der Waals surface area contributed by atoms with Gasteiger partial charge in [-0.05, 0) is 25.1 Å². The highest BCUT2D eigenvalue weighted by Crippen LogP contribution is 2.29. The van der Waals surface area contributed by atoms with Crippen molar-refractivity contribution < 1.29 is 19.4 Å². The molecule has 7 heteroatoms. The van der Waals surface area contributed by atoms with Crippen molar-refractivity contribution in [2.24, 2.45) is 0 Å². The minimum atomic E-state index is -0.678. The predicted octanol–water partition coefficient (Wildman–Crippen LogP) is 2.70. The van der Waals surface area contributed by atoms with Crippen LogP contribution in [0.2, 0.25) is 0 Å². The second kappa shape index (κ2) is 6.27. The molecule has 0 fully saturated rings. The van der Waals surface area contributed by atoms with E-state index >= 15 is 0 Å². The number of esters is 1. The number of aromatic hydroxyl groups is 1. The first-order chi connectivity index (χ1) is 11.2. The van der Waals surface area contributed by atoms with E-state index < -0.39 is 5.97 Å². The molecule has 23 heavy (non-hydrogen) atoms. The molecule has 0 atom stereocenters. The van der Waals surface area contributed by atoms with Crippen LogP contribution in [-0.2, 0) is 4.74 Å². The van der Waals surface area contributed by atoms with Crippen molar-refractivity contribution in [1.29, 1.82) is 0 Å². The summed E-state index contributed by atoms with van der Waals surface area (Å²) in [6, 6.07) is 6.69. The Hall–Kier alpha value is -3.22. The molecule has 3 aromatic heterocycles. The standard InChI is InChI=1S/C16H13N3O4/c1-2-22-16(21)14-15(20)11-5-6-13(19-12(11)9-18-14)23-10-4-3-7-17-8-10/h3-9,20H,2H2,1H3. The molecule has 0 unspecified atom stereocenters. The summed E-state index contributed by atoms with van der Waals surface area (Å²) in [5.74, 6) is -0.0702. The van der Waals surface area contributed by atoms with Crippen molar-refractivity contribution in [2.45, 2.75) is 6.92 Å². The summed E-state index contributed by atoms with van der Waals surface area (Å²) in [4.78, 5) is 23.8. The molecule has 0 spiro atoms. The van der Waals surface area contributed by atoms with E-state index in [0.717, 1.165) is 0 Å². The third-order valence-electron chi connectivity index (χ3n) is 3.02. The Kier molecular flexibility index (Phi) is 4.01. The van der Waals surface area contributed by atoms with Gasteiger partial charge in [-0.1, -0.05) is 0 Å². The van der Waals surface area contributed by atoms with Crippen LogP contribution in [0.25, 0.3) is 10.9 Å². The monoisotopic (exact) mass is 311 g/mol. The van der Waals surface area contributed by atoms with Crippen LogP contribution in [0.15, 0.2) is 42.9 Å². The molecule has 0 aliphatic heterocycles. The lowest BCUT2D eigenvalue weighted by molar-refractivity contribution is 0.0516. The minimum absolute atomic E-state index is 0.137. The molecule has 3 aromatic rings. The fourth-order valence-electron chi connectivity index (χ4n) is 2.00. The van der Waals surface area contributed by atoms with Crippen molar-refractivity contribution >= 4 is 16.9 Å². The van der Waals surface area contributed by atoms with Gasteiger partial charge in [-0.2, -0.15) is 0 Å². The van der Waals surface area contributed by atoms with Crippen LogP contribution in [0.5, 0.6) is 17.4 Å². The topological polar surface area (TPSA) is 94.4 Å². The highest BCUT2D eigenvalue weighted by molar-refractivity contribution is 5.97. The van der Waals surface area contributed by atoms with E-state index in [2.05, 4.69) is 15.0 Å². The van der Waals surface area contributed by atoms with Crippen LogP contribution in [0.4, 0.5) is 0 Å². The maximum Gasteiger partial charge on any atom is 0.360 e. The maximum absolute atomic E-state index is 11.7. The van der Waals surface area contributed by atoms with E-state index in [-0.39, 0.29) is 18.1 Å². The molecule has 7 nitrogen and oxygen atoms in total. The normalized spacial score (nSPS) is 10.5. The first-order valence-electron chi connectivity index (χ1n) is 6.92. The van der Waals surface area contributed by atoms with Gasteiger partial charge in [0.25, 0.3) is 0 Å². The lowest BCUT2D eigenvalue weighted by Gasteiger charge is -2.08. The van der Waals surface area contributed by atoms with Gasteiger partial charge >= 0.3 is 5.97 Å². The molecule has 116 valence electrons. The highest BCUT2D eigenvalue weighted by Gasteiger charge is 2.17. The van der Waals surface area contributed by atoms with Crippen molar-refractivity contribution in [2.75, 3.05) is 6.61 Å². The molecule has 0 bridgehead atoms. The zero-order valence-electron chi connectivity index (χ0n) is 12.3. The van der Waals surface area contributed by atoms with Gasteiger partial charge in [-0.3, -0.25) is 4.98 Å². The first-order valence-corrected chi connectivity index (χ1v) is 6.92. The van der Waals surface area contributed by atoms with E-state index in [1.54, 1.807) is 43.6 Å². The van der Waals surface area contributed by atoms with Gasteiger partial charge in [0.05, 0.1) is 24.5 Å². The molecule has 1 N–H and O–H groups in total. The van der Waals surface area contributed by atoms with E-state index in [1.165, 1.54) is 6.20 Å². The zero-order chi connectivity index (χ0) is 16.2. The number of carbonyl (C=O) groups excluding carboxylic acids is 1. The average molecular weight is 311 g/mol. The summed E-state index contributed by atoms with van der Waals surface area (Å²) < 4.78 is 10.4. The number of rotatable bonds is 4. The van der Waals surface area contributed by atoms with E-state index in [4.69, 9.17) is 9.47 Å². The van der Waals surface area contributed by atoms with Crippen LogP contribution in [-0.4, -0.2) is 32.6 Å². The van der Waals surface area contributed by atoms with Crippen LogP contribution in [0, 0.1) is 0 Å². The molecule has 0 aliphatic rings. The quantitative estimate of drug-likeness (QED) is 0.740. The van der Waals surface area contributed by atoms with E-state index in [1.807, 2.05) is 0 Å². The van der Waals surface area contributed by atoms with Crippen molar-refractivity contribution in [1.82, 2.24) is 15.0 Å². The number of pyridine rings is 3. The molecular weight excluding hydrogens is 298 g/mol. The summed E-state index contributed by atoms with van der Waals surface area (Å²) in [5, 5.41) is 10.6. The molecule has 3 rings (SSSR count). The molecule has 0 radical (unpaired) electrons. The summed E-state index contributed by atoms with van der Waals surface area (Å²) in [7, 11) is 0. The lowest BCUT2D eigenvalue weighted by Crippen LogP contribution is -2.07. The van der Waals surface area contributed by atoms with Gasteiger partial charge in [-0.25, -0.2) is 14.8 Å². The second-order valence-corrected chi connectivity index (χ2v) is 4.55. The molecule has 0 saturated heterocycles.